The van der Waals surface area contributed by atoms with Crippen LogP contribution in [0.25, 0.3) is 0 Å². The zero-order valence-electron chi connectivity index (χ0n) is 4.80. The van der Waals surface area contributed by atoms with Gasteiger partial charge in [-0.2, -0.15) is 0 Å². The molecule has 1 aromatic heterocycles. The van der Waals surface area contributed by atoms with E-state index in [1.807, 2.05) is 0 Å². The Bertz CT molecular complexity index is 177. The van der Waals surface area contributed by atoms with Crippen LogP contribution < -0.4 is 4.69 Å². The summed E-state index contributed by atoms with van der Waals surface area (Å²) in [6.07, 6.45) is 0. The van der Waals surface area contributed by atoms with E-state index in [0.717, 1.165) is 0 Å². The van der Waals surface area contributed by atoms with E-state index in [0.29, 0.717) is 10.5 Å². The maximum Gasteiger partial charge on any atom is 0.245 e. The number of rotatable bonds is 0. The highest BCUT2D eigenvalue weighted by atomic mass is 35.5. The molecule has 1 heterocycles. The fraction of sp³-hybridized carbons (Fsp3) is 0.250. The van der Waals surface area contributed by atoms with Crippen molar-refractivity contribution >= 4 is 32.6 Å². The van der Waals surface area contributed by atoms with Crippen LogP contribution in [-0.4, -0.2) is 31.2 Å². The molecule has 1 aromatic rings. The molecule has 44 valence electrons. The van der Waals surface area contributed by atoms with E-state index in [1.54, 1.807) is 6.92 Å². The molecule has 2 radical (unpaired) electrons. The summed E-state index contributed by atoms with van der Waals surface area (Å²) in [6.45, 7) is 1.76. The summed E-state index contributed by atoms with van der Waals surface area (Å²) in [4.78, 5) is 11.4. The van der Waals surface area contributed by atoms with Crippen molar-refractivity contribution in [1.29, 1.82) is 0 Å². The van der Waals surface area contributed by atoms with Crippen molar-refractivity contribution in [3.63, 3.8) is 0 Å². The molecule has 0 aromatic carbocycles. The van der Waals surface area contributed by atoms with E-state index in [2.05, 4.69) is 31.2 Å². The normalized spacial score (nSPS) is 9.56. The first-order chi connectivity index (χ1) is 4.18. The molecule has 0 bridgehead atoms. The maximum absolute atomic E-state index is 5.47. The summed E-state index contributed by atoms with van der Waals surface area (Å²) in [5.74, 6) is 0.639. The highest BCUT2D eigenvalue weighted by molar-refractivity contribution is 6.31. The van der Waals surface area contributed by atoms with Crippen LogP contribution in [0.2, 0.25) is 5.28 Å². The van der Waals surface area contributed by atoms with Gasteiger partial charge in [0.2, 0.25) is 21.6 Å². The van der Waals surface area contributed by atoms with Crippen LogP contribution in [0.3, 0.4) is 0 Å². The van der Waals surface area contributed by atoms with Crippen LogP contribution in [0.1, 0.15) is 5.82 Å². The summed E-state index contributed by atoms with van der Waals surface area (Å²) < 4.78 is 0.576. The van der Waals surface area contributed by atoms with E-state index in [4.69, 9.17) is 11.6 Å². The Hall–Kier alpha value is -0.168. The van der Waals surface area contributed by atoms with Crippen molar-refractivity contribution in [2.24, 2.45) is 0 Å². The highest BCUT2D eigenvalue weighted by Gasteiger charge is 1.92. The van der Waals surface area contributed by atoms with Gasteiger partial charge in [0, 0.05) is 4.69 Å². The molecule has 0 aliphatic rings. The van der Waals surface area contributed by atoms with Crippen LogP contribution in [-0.2, 0) is 0 Å². The maximum atomic E-state index is 5.47. The van der Waals surface area contributed by atoms with Crippen LogP contribution in [0.4, 0.5) is 0 Å². The predicted octanol–water partition coefficient (Wildman–Crippen LogP) is -0.373. The average Bonchev–Trinajstić information content (AvgIpc) is 1.59. The van der Waals surface area contributed by atoms with E-state index in [-0.39, 0.29) is 5.28 Å². The van der Waals surface area contributed by atoms with Gasteiger partial charge in [0.1, 0.15) is 5.82 Å². The summed E-state index contributed by atoms with van der Waals surface area (Å²) in [5.41, 5.74) is 0. The third-order valence-electron chi connectivity index (χ3n) is 0.737. The average molecular weight is 156 g/mol. The minimum atomic E-state index is 0.243. The lowest BCUT2D eigenvalue weighted by Crippen LogP contribution is -2.15. The van der Waals surface area contributed by atoms with Crippen molar-refractivity contribution in [3.05, 3.63) is 11.1 Å². The molecule has 0 N–H and O–H groups in total. The number of hydrogen-bond acceptors (Lipinski definition) is 3. The van der Waals surface area contributed by atoms with Crippen molar-refractivity contribution in [2.45, 2.75) is 6.92 Å². The van der Waals surface area contributed by atoms with Crippen molar-refractivity contribution < 1.29 is 0 Å². The molecular weight excluding hydrogens is 152 g/mol. The number of nitrogens with zero attached hydrogens (tertiary/aromatic N) is 3. The van der Waals surface area contributed by atoms with Gasteiger partial charge in [-0.05, 0) is 18.5 Å². The third kappa shape index (κ3) is 1.90. The molecule has 0 fully saturated rings. The van der Waals surface area contributed by atoms with E-state index in [1.165, 1.54) is 0 Å². The Labute approximate surface area is 65.9 Å². The van der Waals surface area contributed by atoms with E-state index < -0.39 is 0 Å². The first kappa shape index (κ1) is 6.95. The van der Waals surface area contributed by atoms with Crippen LogP contribution in [0.5, 0.6) is 0 Å². The zero-order valence-corrected chi connectivity index (χ0v) is 6.71. The summed E-state index contributed by atoms with van der Waals surface area (Å²) in [5, 5.41) is 0.243. The Balaban J connectivity index is 3.17. The molecule has 0 saturated heterocycles. The molecule has 5 heteroatoms. The van der Waals surface area contributed by atoms with Crippen LogP contribution in [0.15, 0.2) is 0 Å². The number of halogens is 1. The summed E-state index contributed by atoms with van der Waals surface area (Å²) in [6, 6.07) is 0. The molecule has 3 nitrogen and oxygen atoms in total. The quantitative estimate of drug-likeness (QED) is 0.480. The van der Waals surface area contributed by atoms with Gasteiger partial charge in [0.05, 0.1) is 0 Å². The van der Waals surface area contributed by atoms with E-state index >= 15 is 0 Å². The van der Waals surface area contributed by atoms with Gasteiger partial charge in [-0.15, -0.1) is 0 Å². The fourth-order valence-corrected chi connectivity index (χ4v) is 1.07. The molecule has 0 saturated carbocycles. The lowest BCUT2D eigenvalue weighted by Gasteiger charge is -1.93. The second-order valence-corrected chi connectivity index (χ2v) is 2.36. The molecular formula is C4H3AlClN3. The lowest BCUT2D eigenvalue weighted by molar-refractivity contribution is 1.01. The zero-order chi connectivity index (χ0) is 6.85. The fourth-order valence-electron chi connectivity index (χ4n) is 0.469. The van der Waals surface area contributed by atoms with Gasteiger partial charge in [0.15, 0.2) is 0 Å². The monoisotopic (exact) mass is 155 g/mol. The molecule has 0 amide bonds. The topological polar surface area (TPSA) is 38.7 Å². The SMILES string of the molecule is Cc1n[c]([Al])nc(Cl)n1. The second kappa shape index (κ2) is 2.61. The highest BCUT2D eigenvalue weighted by Crippen LogP contribution is 1.93. The molecule has 9 heavy (non-hydrogen) atoms. The standard InChI is InChI=1S/C4H3ClN3.Al/c1-3-6-2-7-4(5)8-3;/h1H3;. The minimum Gasteiger partial charge on any atom is -0.241 e. The largest absolute Gasteiger partial charge is 0.245 e. The number of aryl methyl sites for hydroxylation is 1. The Morgan fingerprint density at radius 1 is 1.33 bits per heavy atom. The van der Waals surface area contributed by atoms with Crippen molar-refractivity contribution in [1.82, 2.24) is 15.0 Å². The van der Waals surface area contributed by atoms with Gasteiger partial charge in [-0.1, -0.05) is 0 Å². The first-order valence-electron chi connectivity index (χ1n) is 2.32. The van der Waals surface area contributed by atoms with Crippen LogP contribution in [0, 0.1) is 6.92 Å². The Kier molecular flexibility index (Phi) is 2.02. The number of aromatic nitrogens is 3. The van der Waals surface area contributed by atoms with Crippen molar-refractivity contribution in [2.75, 3.05) is 0 Å². The van der Waals surface area contributed by atoms with Gasteiger partial charge >= 0.3 is 0 Å². The van der Waals surface area contributed by atoms with Gasteiger partial charge < -0.3 is 0 Å². The van der Waals surface area contributed by atoms with Gasteiger partial charge in [0.25, 0.3) is 0 Å². The van der Waals surface area contributed by atoms with E-state index in [9.17, 15) is 0 Å². The molecule has 0 aliphatic carbocycles. The molecule has 1 rings (SSSR count). The Morgan fingerprint density at radius 2 is 2.00 bits per heavy atom. The molecule has 0 spiro atoms. The molecule has 0 aliphatic heterocycles. The minimum absolute atomic E-state index is 0.243. The summed E-state index contributed by atoms with van der Waals surface area (Å²) in [7, 11) is 0. The third-order valence-corrected chi connectivity index (χ3v) is 1.16. The second-order valence-electron chi connectivity index (χ2n) is 1.51. The van der Waals surface area contributed by atoms with Crippen molar-refractivity contribution in [3.8, 4) is 0 Å². The van der Waals surface area contributed by atoms with Gasteiger partial charge in [-0.3, -0.25) is 0 Å². The predicted molar refractivity (Wildman–Crippen MR) is 35.0 cm³/mol. The lowest BCUT2D eigenvalue weighted by atomic mass is 10.7. The Morgan fingerprint density at radius 3 is 2.44 bits per heavy atom. The number of hydrogen-bond donors (Lipinski definition) is 0. The molecule has 0 unspecified atom stereocenters. The van der Waals surface area contributed by atoms with Gasteiger partial charge in [-0.25, -0.2) is 15.0 Å². The van der Waals surface area contributed by atoms with Crippen LogP contribution >= 0.6 is 11.6 Å². The summed E-state index contributed by atoms with van der Waals surface area (Å²) >= 11 is 7.83. The first-order valence-corrected chi connectivity index (χ1v) is 3.27. The smallest absolute Gasteiger partial charge is 0.241 e. The molecule has 0 atom stereocenters.